The predicted octanol–water partition coefficient (Wildman–Crippen LogP) is 5.39. The van der Waals surface area contributed by atoms with Gasteiger partial charge >= 0.3 is 0 Å². The molecule has 5 rings (SSSR count). The number of aromatic nitrogens is 1. The van der Waals surface area contributed by atoms with Crippen molar-refractivity contribution >= 4 is 39.1 Å². The number of aryl methyl sites for hydroxylation is 1. The maximum absolute atomic E-state index is 12.9. The number of carbonyl (C=O) groups is 2. The van der Waals surface area contributed by atoms with Crippen molar-refractivity contribution in [1.82, 2.24) is 4.98 Å². The van der Waals surface area contributed by atoms with E-state index >= 15 is 0 Å². The zero-order chi connectivity index (χ0) is 20.7. The van der Waals surface area contributed by atoms with E-state index in [1.165, 1.54) is 10.5 Å². The van der Waals surface area contributed by atoms with Gasteiger partial charge in [-0.15, -0.1) is 11.3 Å². The van der Waals surface area contributed by atoms with Gasteiger partial charge in [-0.05, 0) is 60.9 Å². The summed E-state index contributed by atoms with van der Waals surface area (Å²) in [7, 11) is 0. The Hall–Kier alpha value is -3.31. The fourth-order valence-corrected chi connectivity index (χ4v) is 5.00. The Morgan fingerprint density at radius 1 is 1.00 bits per heavy atom. The van der Waals surface area contributed by atoms with Crippen molar-refractivity contribution in [1.29, 1.82) is 0 Å². The van der Waals surface area contributed by atoms with E-state index in [0.29, 0.717) is 12.1 Å². The monoisotopic (exact) mass is 412 g/mol. The third-order valence-electron chi connectivity index (χ3n) is 5.48. The molecular formula is C25H20N2O2S. The summed E-state index contributed by atoms with van der Waals surface area (Å²) in [5.74, 6) is -0.553. The second-order valence-corrected chi connectivity index (χ2v) is 8.73. The topological polar surface area (TPSA) is 50.3 Å². The van der Waals surface area contributed by atoms with E-state index in [4.69, 9.17) is 4.98 Å². The minimum Gasteiger partial charge on any atom is -0.274 e. The highest BCUT2D eigenvalue weighted by atomic mass is 32.1. The average Bonchev–Trinajstić information content (AvgIpc) is 3.29. The first kappa shape index (κ1) is 18.7. The molecule has 1 fully saturated rings. The first-order valence-electron chi connectivity index (χ1n) is 9.97. The van der Waals surface area contributed by atoms with Gasteiger partial charge in [0.25, 0.3) is 0 Å². The van der Waals surface area contributed by atoms with Gasteiger partial charge in [0, 0.05) is 12.0 Å². The summed E-state index contributed by atoms with van der Waals surface area (Å²) in [5.41, 5.74) is 4.88. The van der Waals surface area contributed by atoms with Crippen LogP contribution < -0.4 is 4.90 Å². The smallest absolute Gasteiger partial charge is 0.237 e. The van der Waals surface area contributed by atoms with Gasteiger partial charge in [0.1, 0.15) is 5.01 Å². The molecule has 1 aromatic heterocycles. The number of anilines is 1. The molecule has 2 heterocycles. The summed E-state index contributed by atoms with van der Waals surface area (Å²) in [5, 5.41) is 0.933. The third kappa shape index (κ3) is 3.42. The molecule has 0 saturated carbocycles. The van der Waals surface area contributed by atoms with Crippen LogP contribution in [0.1, 0.15) is 17.5 Å². The summed E-state index contributed by atoms with van der Waals surface area (Å²) in [4.78, 5) is 31.5. The Kier molecular flexibility index (Phi) is 4.68. The minimum atomic E-state index is -0.299. The number of carbonyl (C=O) groups excluding carboxylic acids is 2. The van der Waals surface area contributed by atoms with Gasteiger partial charge in [0.15, 0.2) is 0 Å². The van der Waals surface area contributed by atoms with E-state index in [1.807, 2.05) is 60.7 Å². The molecule has 1 aliphatic rings. The van der Waals surface area contributed by atoms with Crippen molar-refractivity contribution in [2.24, 2.45) is 5.92 Å². The van der Waals surface area contributed by atoms with Crippen LogP contribution in [-0.2, 0) is 16.0 Å². The lowest BCUT2D eigenvalue weighted by molar-refractivity contribution is -0.122. The lowest BCUT2D eigenvalue weighted by atomic mass is 9.98. The van der Waals surface area contributed by atoms with Crippen LogP contribution in [0.2, 0.25) is 0 Å². The fraction of sp³-hybridized carbons (Fsp3) is 0.160. The first-order chi connectivity index (χ1) is 14.6. The number of fused-ring (bicyclic) bond motifs is 1. The van der Waals surface area contributed by atoms with Crippen molar-refractivity contribution in [2.45, 2.75) is 19.8 Å². The van der Waals surface area contributed by atoms with Crippen molar-refractivity contribution in [3.8, 4) is 10.6 Å². The fourth-order valence-electron chi connectivity index (χ4n) is 3.93. The van der Waals surface area contributed by atoms with Gasteiger partial charge in [-0.2, -0.15) is 0 Å². The van der Waals surface area contributed by atoms with E-state index in [1.54, 1.807) is 11.3 Å². The largest absolute Gasteiger partial charge is 0.274 e. The molecule has 0 unspecified atom stereocenters. The first-order valence-corrected chi connectivity index (χ1v) is 10.8. The van der Waals surface area contributed by atoms with Gasteiger partial charge in [0.2, 0.25) is 11.8 Å². The lowest BCUT2D eigenvalue weighted by Crippen LogP contribution is -2.30. The maximum Gasteiger partial charge on any atom is 0.237 e. The zero-order valence-electron chi connectivity index (χ0n) is 16.5. The molecule has 0 radical (unpaired) electrons. The quantitative estimate of drug-likeness (QED) is 0.422. The molecule has 30 heavy (non-hydrogen) atoms. The number of benzene rings is 3. The molecule has 3 aromatic carbocycles. The number of hydrogen-bond acceptors (Lipinski definition) is 4. The summed E-state index contributed by atoms with van der Waals surface area (Å²) < 4.78 is 1.16. The molecule has 0 spiro atoms. The third-order valence-corrected chi connectivity index (χ3v) is 6.55. The van der Waals surface area contributed by atoms with Crippen LogP contribution in [0.15, 0.2) is 72.8 Å². The second-order valence-electron chi connectivity index (χ2n) is 7.70. The Labute approximate surface area is 178 Å². The number of thiazole rings is 1. The van der Waals surface area contributed by atoms with Crippen LogP contribution >= 0.6 is 11.3 Å². The van der Waals surface area contributed by atoms with E-state index in [9.17, 15) is 9.59 Å². The summed E-state index contributed by atoms with van der Waals surface area (Å²) in [6.07, 6.45) is 0.845. The molecular weight excluding hydrogens is 392 g/mol. The molecule has 0 bridgehead atoms. The summed E-state index contributed by atoms with van der Waals surface area (Å²) in [6.45, 7) is 2.07. The van der Waals surface area contributed by atoms with Crippen LogP contribution in [-0.4, -0.2) is 16.8 Å². The van der Waals surface area contributed by atoms with Crippen LogP contribution in [0.25, 0.3) is 20.8 Å². The minimum absolute atomic E-state index is 0.118. The van der Waals surface area contributed by atoms with Crippen molar-refractivity contribution < 1.29 is 9.59 Å². The normalized spacial score (nSPS) is 16.6. The zero-order valence-corrected chi connectivity index (χ0v) is 17.4. The second kappa shape index (κ2) is 7.50. The Balaban J connectivity index is 1.38. The molecule has 0 N–H and O–H groups in total. The van der Waals surface area contributed by atoms with E-state index in [-0.39, 0.29) is 24.2 Å². The van der Waals surface area contributed by atoms with Crippen LogP contribution in [0.3, 0.4) is 0 Å². The predicted molar refractivity (Wildman–Crippen MR) is 121 cm³/mol. The molecule has 1 atom stereocenters. The number of nitrogens with zero attached hydrogens (tertiary/aromatic N) is 2. The number of imide groups is 1. The average molecular weight is 413 g/mol. The number of amides is 2. The van der Waals surface area contributed by atoms with Gasteiger partial charge in [-0.1, -0.05) is 36.4 Å². The summed E-state index contributed by atoms with van der Waals surface area (Å²) >= 11 is 1.65. The molecule has 0 aliphatic carbocycles. The molecule has 148 valence electrons. The molecule has 1 saturated heterocycles. The highest BCUT2D eigenvalue weighted by molar-refractivity contribution is 7.21. The number of rotatable bonds is 4. The Morgan fingerprint density at radius 3 is 2.53 bits per heavy atom. The van der Waals surface area contributed by atoms with E-state index < -0.39 is 0 Å². The molecule has 4 nitrogen and oxygen atoms in total. The van der Waals surface area contributed by atoms with Gasteiger partial charge < -0.3 is 0 Å². The summed E-state index contributed by atoms with van der Waals surface area (Å²) in [6, 6.07) is 23.6. The standard InChI is InChI=1S/C25H20N2O2S/c1-16-7-12-21-22(13-16)30-24(26-21)18-8-10-20(11-9-18)27-23(28)15-19(25(27)29)14-17-5-3-2-4-6-17/h2-13,19H,14-15H2,1H3/t19-/m1/s1. The Morgan fingerprint density at radius 2 is 1.77 bits per heavy atom. The molecule has 4 aromatic rings. The highest BCUT2D eigenvalue weighted by Gasteiger charge is 2.39. The van der Waals surface area contributed by atoms with Gasteiger partial charge in [0.05, 0.1) is 21.8 Å². The highest BCUT2D eigenvalue weighted by Crippen LogP contribution is 2.33. The van der Waals surface area contributed by atoms with Crippen molar-refractivity contribution in [3.63, 3.8) is 0 Å². The van der Waals surface area contributed by atoms with Crippen LogP contribution in [0, 0.1) is 12.8 Å². The Bertz CT molecular complexity index is 1250. The van der Waals surface area contributed by atoms with Gasteiger partial charge in [-0.25, -0.2) is 4.98 Å². The van der Waals surface area contributed by atoms with Crippen LogP contribution in [0.4, 0.5) is 5.69 Å². The van der Waals surface area contributed by atoms with Crippen LogP contribution in [0.5, 0.6) is 0 Å². The van der Waals surface area contributed by atoms with Crippen molar-refractivity contribution in [3.05, 3.63) is 83.9 Å². The lowest BCUT2D eigenvalue weighted by Gasteiger charge is -2.15. The van der Waals surface area contributed by atoms with E-state index in [2.05, 4.69) is 19.1 Å². The van der Waals surface area contributed by atoms with E-state index in [0.717, 1.165) is 26.4 Å². The molecule has 5 heteroatoms. The molecule has 1 aliphatic heterocycles. The van der Waals surface area contributed by atoms with Gasteiger partial charge in [-0.3, -0.25) is 14.5 Å². The van der Waals surface area contributed by atoms with Crippen molar-refractivity contribution in [2.75, 3.05) is 4.90 Å². The SMILES string of the molecule is Cc1ccc2nc(-c3ccc(N4C(=O)C[C@@H](Cc5ccccc5)C4=O)cc3)sc2c1. The maximum atomic E-state index is 12.9. The number of hydrogen-bond donors (Lipinski definition) is 0. The molecule has 2 amide bonds.